The van der Waals surface area contributed by atoms with Gasteiger partial charge in [-0.05, 0) is 31.7 Å². The van der Waals surface area contributed by atoms with E-state index in [0.29, 0.717) is 12.0 Å². The van der Waals surface area contributed by atoms with Crippen LogP contribution in [0.25, 0.3) is 0 Å². The Morgan fingerprint density at radius 1 is 1.38 bits per heavy atom. The van der Waals surface area contributed by atoms with Crippen LogP contribution in [0, 0.1) is 12.8 Å². The molecule has 0 spiro atoms. The molecule has 1 aromatic carbocycles. The van der Waals surface area contributed by atoms with Gasteiger partial charge in [0.2, 0.25) is 0 Å². The first-order valence-electron chi connectivity index (χ1n) is 7.48. The van der Waals surface area contributed by atoms with Gasteiger partial charge in [-0.3, -0.25) is 9.59 Å². The van der Waals surface area contributed by atoms with E-state index in [-0.39, 0.29) is 12.5 Å². The molecule has 1 saturated carbocycles. The SMILES string of the molecule is CCOC(=O)C(CC1CCC1)(C(=O)O)c1cccc(C)c1. The topological polar surface area (TPSA) is 63.6 Å². The van der Waals surface area contributed by atoms with Gasteiger partial charge in [0.15, 0.2) is 5.41 Å². The number of hydrogen-bond donors (Lipinski definition) is 1. The lowest BCUT2D eigenvalue weighted by molar-refractivity contribution is -0.163. The predicted octanol–water partition coefficient (Wildman–Crippen LogP) is 3.07. The fourth-order valence-electron chi connectivity index (χ4n) is 2.91. The number of hydrogen-bond acceptors (Lipinski definition) is 3. The molecular weight excluding hydrogens is 268 g/mol. The highest BCUT2D eigenvalue weighted by atomic mass is 16.5. The Labute approximate surface area is 125 Å². The normalized spacial score (nSPS) is 17.6. The highest BCUT2D eigenvalue weighted by molar-refractivity contribution is 6.05. The summed E-state index contributed by atoms with van der Waals surface area (Å²) in [6.07, 6.45) is 3.40. The van der Waals surface area contributed by atoms with Crippen LogP contribution in [-0.2, 0) is 19.7 Å². The first-order valence-corrected chi connectivity index (χ1v) is 7.48. The van der Waals surface area contributed by atoms with Crippen molar-refractivity contribution >= 4 is 11.9 Å². The number of carbonyl (C=O) groups excluding carboxylic acids is 1. The van der Waals surface area contributed by atoms with Crippen molar-refractivity contribution in [2.24, 2.45) is 5.92 Å². The van der Waals surface area contributed by atoms with Gasteiger partial charge in [-0.25, -0.2) is 0 Å². The molecule has 4 heteroatoms. The van der Waals surface area contributed by atoms with Gasteiger partial charge >= 0.3 is 11.9 Å². The van der Waals surface area contributed by atoms with E-state index in [4.69, 9.17) is 4.74 Å². The molecule has 114 valence electrons. The number of carboxylic acid groups (broad SMARTS) is 1. The average molecular weight is 290 g/mol. The predicted molar refractivity (Wildman–Crippen MR) is 79.1 cm³/mol. The van der Waals surface area contributed by atoms with Crippen LogP contribution in [0.4, 0.5) is 0 Å². The second kappa shape index (κ2) is 6.29. The van der Waals surface area contributed by atoms with Crippen LogP contribution in [0.3, 0.4) is 0 Å². The van der Waals surface area contributed by atoms with Gasteiger partial charge in [0.1, 0.15) is 0 Å². The molecule has 1 unspecified atom stereocenters. The molecule has 0 aliphatic heterocycles. The van der Waals surface area contributed by atoms with Crippen molar-refractivity contribution in [1.82, 2.24) is 0 Å². The quantitative estimate of drug-likeness (QED) is 0.646. The zero-order valence-electron chi connectivity index (χ0n) is 12.6. The number of carboxylic acids is 1. The molecule has 0 bridgehead atoms. The van der Waals surface area contributed by atoms with Gasteiger partial charge in [0.05, 0.1) is 6.61 Å². The lowest BCUT2D eigenvalue weighted by Gasteiger charge is -2.35. The Balaban J connectivity index is 2.48. The number of carbonyl (C=O) groups is 2. The summed E-state index contributed by atoms with van der Waals surface area (Å²) in [7, 11) is 0. The van der Waals surface area contributed by atoms with E-state index in [1.165, 1.54) is 0 Å². The maximum absolute atomic E-state index is 12.5. The van der Waals surface area contributed by atoms with E-state index in [0.717, 1.165) is 24.8 Å². The Morgan fingerprint density at radius 2 is 2.10 bits per heavy atom. The van der Waals surface area contributed by atoms with Gasteiger partial charge in [-0.2, -0.15) is 0 Å². The summed E-state index contributed by atoms with van der Waals surface area (Å²) in [6, 6.07) is 7.19. The van der Waals surface area contributed by atoms with Crippen molar-refractivity contribution < 1.29 is 19.4 Å². The number of aryl methyl sites for hydroxylation is 1. The molecule has 1 aliphatic rings. The highest BCUT2D eigenvalue weighted by Crippen LogP contribution is 2.41. The molecule has 4 nitrogen and oxygen atoms in total. The second-order valence-electron chi connectivity index (χ2n) is 5.80. The molecule has 0 radical (unpaired) electrons. The largest absolute Gasteiger partial charge is 0.480 e. The third kappa shape index (κ3) is 2.94. The zero-order valence-corrected chi connectivity index (χ0v) is 12.6. The maximum atomic E-state index is 12.5. The minimum absolute atomic E-state index is 0.185. The molecule has 0 heterocycles. The monoisotopic (exact) mass is 290 g/mol. The van der Waals surface area contributed by atoms with Crippen molar-refractivity contribution in [3.8, 4) is 0 Å². The first-order chi connectivity index (χ1) is 10.0. The van der Waals surface area contributed by atoms with Crippen LogP contribution >= 0.6 is 0 Å². The molecule has 0 amide bonds. The molecule has 21 heavy (non-hydrogen) atoms. The zero-order chi connectivity index (χ0) is 15.5. The standard InChI is InChI=1S/C17H22O4/c1-3-21-16(20)17(15(18)19,11-13-7-5-8-13)14-9-4-6-12(2)10-14/h4,6,9-10,13H,3,5,7-8,11H2,1-2H3,(H,18,19). The summed E-state index contributed by atoms with van der Waals surface area (Å²) in [5, 5.41) is 9.83. The van der Waals surface area contributed by atoms with Gasteiger partial charge in [-0.15, -0.1) is 0 Å². The number of rotatable bonds is 6. The van der Waals surface area contributed by atoms with Crippen LogP contribution < -0.4 is 0 Å². The number of benzene rings is 1. The Kier molecular flexibility index (Phi) is 4.66. The molecule has 2 rings (SSSR count). The molecule has 1 N–H and O–H groups in total. The average Bonchev–Trinajstić information content (AvgIpc) is 2.37. The third-order valence-corrected chi connectivity index (χ3v) is 4.32. The smallest absolute Gasteiger partial charge is 0.328 e. The van der Waals surface area contributed by atoms with Crippen LogP contribution in [0.15, 0.2) is 24.3 Å². The molecule has 1 aromatic rings. The lowest BCUT2D eigenvalue weighted by Crippen LogP contribution is -2.47. The number of ether oxygens (including phenoxy) is 1. The molecule has 0 aromatic heterocycles. The van der Waals surface area contributed by atoms with Crippen LogP contribution in [0.2, 0.25) is 0 Å². The summed E-state index contributed by atoms with van der Waals surface area (Å²) < 4.78 is 5.11. The molecular formula is C17H22O4. The fraction of sp³-hybridized carbons (Fsp3) is 0.529. The van der Waals surface area contributed by atoms with Crippen molar-refractivity contribution in [2.75, 3.05) is 6.61 Å². The molecule has 1 atom stereocenters. The van der Waals surface area contributed by atoms with E-state index in [9.17, 15) is 14.7 Å². The number of aliphatic carboxylic acids is 1. The first kappa shape index (κ1) is 15.5. The van der Waals surface area contributed by atoms with E-state index >= 15 is 0 Å². The van der Waals surface area contributed by atoms with Crippen molar-refractivity contribution in [3.05, 3.63) is 35.4 Å². The third-order valence-electron chi connectivity index (χ3n) is 4.32. The van der Waals surface area contributed by atoms with Crippen LogP contribution in [0.1, 0.15) is 43.7 Å². The van der Waals surface area contributed by atoms with Crippen molar-refractivity contribution in [2.45, 2.75) is 44.9 Å². The van der Waals surface area contributed by atoms with E-state index in [2.05, 4.69) is 0 Å². The second-order valence-corrected chi connectivity index (χ2v) is 5.80. The minimum atomic E-state index is -1.58. The summed E-state index contributed by atoms with van der Waals surface area (Å²) in [5.41, 5.74) is -0.107. The summed E-state index contributed by atoms with van der Waals surface area (Å²) in [6.45, 7) is 3.78. The van der Waals surface area contributed by atoms with E-state index in [1.54, 1.807) is 25.1 Å². The summed E-state index contributed by atoms with van der Waals surface area (Å²) in [5.74, 6) is -1.47. The Bertz CT molecular complexity index is 533. The van der Waals surface area contributed by atoms with Crippen LogP contribution in [0.5, 0.6) is 0 Å². The summed E-state index contributed by atoms with van der Waals surface area (Å²) >= 11 is 0. The lowest BCUT2D eigenvalue weighted by atomic mass is 9.68. The van der Waals surface area contributed by atoms with Gasteiger partial charge in [-0.1, -0.05) is 49.1 Å². The van der Waals surface area contributed by atoms with Crippen molar-refractivity contribution in [1.29, 1.82) is 0 Å². The summed E-state index contributed by atoms with van der Waals surface area (Å²) in [4.78, 5) is 24.5. The fourth-order valence-corrected chi connectivity index (χ4v) is 2.91. The minimum Gasteiger partial charge on any atom is -0.480 e. The van der Waals surface area contributed by atoms with Crippen molar-refractivity contribution in [3.63, 3.8) is 0 Å². The van der Waals surface area contributed by atoms with Gasteiger partial charge in [0, 0.05) is 0 Å². The molecule has 0 saturated heterocycles. The highest BCUT2D eigenvalue weighted by Gasteiger charge is 2.51. The Morgan fingerprint density at radius 3 is 2.57 bits per heavy atom. The van der Waals surface area contributed by atoms with Crippen LogP contribution in [-0.4, -0.2) is 23.7 Å². The van der Waals surface area contributed by atoms with Gasteiger partial charge in [0.25, 0.3) is 0 Å². The number of esters is 1. The molecule has 1 aliphatic carbocycles. The Hall–Kier alpha value is -1.84. The maximum Gasteiger partial charge on any atom is 0.328 e. The van der Waals surface area contributed by atoms with E-state index < -0.39 is 17.4 Å². The van der Waals surface area contributed by atoms with E-state index in [1.807, 2.05) is 13.0 Å². The van der Waals surface area contributed by atoms with Gasteiger partial charge < -0.3 is 9.84 Å². The molecule has 1 fully saturated rings.